The van der Waals surface area contributed by atoms with E-state index in [1.807, 2.05) is 24.3 Å². The number of nitrogen functional groups attached to an aromatic ring is 1. The van der Waals surface area contributed by atoms with Gasteiger partial charge in [-0.1, -0.05) is 28.1 Å². The first kappa shape index (κ1) is 14.4. The molecule has 1 amide bonds. The Labute approximate surface area is 126 Å². The Morgan fingerprint density at radius 1 is 1.25 bits per heavy atom. The molecule has 0 bridgehead atoms. The number of benzene rings is 2. The Morgan fingerprint density at radius 2 is 1.95 bits per heavy atom. The third-order valence-electron chi connectivity index (χ3n) is 3.00. The second-order valence-electron chi connectivity index (χ2n) is 4.27. The Bertz CT molecular complexity index is 644. The van der Waals surface area contributed by atoms with Gasteiger partial charge in [0, 0.05) is 17.2 Å². The lowest BCUT2D eigenvalue weighted by atomic mass is 10.1. The molecule has 0 aliphatic heterocycles. The lowest BCUT2D eigenvalue weighted by molar-refractivity contribution is 0.0993. The Balaban J connectivity index is 2.37. The third kappa shape index (κ3) is 2.77. The van der Waals surface area contributed by atoms with Crippen molar-refractivity contribution < 1.29 is 9.53 Å². The van der Waals surface area contributed by atoms with Gasteiger partial charge in [-0.2, -0.15) is 0 Å². The van der Waals surface area contributed by atoms with Crippen molar-refractivity contribution in [2.75, 3.05) is 24.8 Å². The highest BCUT2D eigenvalue weighted by molar-refractivity contribution is 9.10. The summed E-state index contributed by atoms with van der Waals surface area (Å²) < 4.78 is 6.11. The number of nitrogens with zero attached hydrogens (tertiary/aromatic N) is 1. The van der Waals surface area contributed by atoms with Crippen molar-refractivity contribution in [3.63, 3.8) is 0 Å². The van der Waals surface area contributed by atoms with Crippen molar-refractivity contribution >= 4 is 33.2 Å². The zero-order valence-corrected chi connectivity index (χ0v) is 12.8. The summed E-state index contributed by atoms with van der Waals surface area (Å²) in [7, 11) is 3.27. The third-order valence-corrected chi connectivity index (χ3v) is 3.49. The summed E-state index contributed by atoms with van der Waals surface area (Å²) in [4.78, 5) is 14.0. The number of halogens is 1. The minimum atomic E-state index is -0.181. The molecular formula is C15H15BrN2O2. The van der Waals surface area contributed by atoms with E-state index in [0.29, 0.717) is 22.7 Å². The van der Waals surface area contributed by atoms with Crippen molar-refractivity contribution in [2.45, 2.75) is 0 Å². The molecule has 0 atom stereocenters. The number of nitrogens with two attached hydrogens (primary N) is 1. The average molecular weight is 335 g/mol. The van der Waals surface area contributed by atoms with Gasteiger partial charge in [0.1, 0.15) is 5.75 Å². The molecule has 0 saturated carbocycles. The summed E-state index contributed by atoms with van der Waals surface area (Å²) in [5.41, 5.74) is 7.49. The van der Waals surface area contributed by atoms with E-state index in [2.05, 4.69) is 15.9 Å². The van der Waals surface area contributed by atoms with E-state index in [-0.39, 0.29) is 5.91 Å². The van der Waals surface area contributed by atoms with Crippen LogP contribution in [0.5, 0.6) is 5.75 Å². The maximum Gasteiger partial charge on any atom is 0.260 e. The number of rotatable bonds is 3. The van der Waals surface area contributed by atoms with Crippen LogP contribution in [0.25, 0.3) is 0 Å². The molecule has 0 aromatic heterocycles. The SMILES string of the molecule is COc1ccccc1N(C)C(=O)c1ccc(Br)cc1N. The lowest BCUT2D eigenvalue weighted by Gasteiger charge is -2.20. The molecule has 104 valence electrons. The molecule has 0 radical (unpaired) electrons. The van der Waals surface area contributed by atoms with Crippen LogP contribution in [-0.2, 0) is 0 Å². The zero-order valence-electron chi connectivity index (χ0n) is 11.3. The summed E-state index contributed by atoms with van der Waals surface area (Å²) in [6, 6.07) is 12.5. The van der Waals surface area contributed by atoms with Gasteiger partial charge in [-0.05, 0) is 30.3 Å². The van der Waals surface area contributed by atoms with Crippen LogP contribution in [0.2, 0.25) is 0 Å². The predicted octanol–water partition coefficient (Wildman–Crippen LogP) is 3.32. The van der Waals surface area contributed by atoms with Gasteiger partial charge in [0.05, 0.1) is 18.4 Å². The van der Waals surface area contributed by atoms with Gasteiger partial charge in [0.2, 0.25) is 0 Å². The van der Waals surface area contributed by atoms with Crippen LogP contribution in [-0.4, -0.2) is 20.1 Å². The predicted molar refractivity (Wildman–Crippen MR) is 84.3 cm³/mol. The molecule has 0 fully saturated rings. The van der Waals surface area contributed by atoms with Crippen molar-refractivity contribution in [3.8, 4) is 5.75 Å². The first-order valence-corrected chi connectivity index (χ1v) is 6.80. The largest absolute Gasteiger partial charge is 0.495 e. The molecule has 0 heterocycles. The quantitative estimate of drug-likeness (QED) is 0.876. The van der Waals surface area contributed by atoms with E-state index >= 15 is 0 Å². The fourth-order valence-corrected chi connectivity index (χ4v) is 2.30. The second-order valence-corrected chi connectivity index (χ2v) is 5.18. The molecule has 0 saturated heterocycles. The standard InChI is InChI=1S/C15H15BrN2O2/c1-18(13-5-3-4-6-14(13)20-2)15(19)11-8-7-10(16)9-12(11)17/h3-9H,17H2,1-2H3. The average Bonchev–Trinajstić information content (AvgIpc) is 2.45. The number of ether oxygens (including phenoxy) is 1. The number of para-hydroxylation sites is 2. The summed E-state index contributed by atoms with van der Waals surface area (Å²) in [6.45, 7) is 0. The van der Waals surface area contributed by atoms with Crippen LogP contribution >= 0.6 is 15.9 Å². The van der Waals surface area contributed by atoms with Crippen LogP contribution in [0.1, 0.15) is 10.4 Å². The number of amides is 1. The van der Waals surface area contributed by atoms with Gasteiger partial charge >= 0.3 is 0 Å². The lowest BCUT2D eigenvalue weighted by Crippen LogP contribution is -2.27. The van der Waals surface area contributed by atoms with Crippen LogP contribution < -0.4 is 15.4 Å². The maximum atomic E-state index is 12.5. The van der Waals surface area contributed by atoms with E-state index in [0.717, 1.165) is 4.47 Å². The van der Waals surface area contributed by atoms with Crippen LogP contribution in [0.3, 0.4) is 0 Å². The van der Waals surface area contributed by atoms with Gasteiger partial charge in [-0.25, -0.2) is 0 Å². The van der Waals surface area contributed by atoms with E-state index in [4.69, 9.17) is 10.5 Å². The topological polar surface area (TPSA) is 55.6 Å². The normalized spacial score (nSPS) is 10.2. The van der Waals surface area contributed by atoms with Crippen LogP contribution in [0, 0.1) is 0 Å². The van der Waals surface area contributed by atoms with Gasteiger partial charge < -0.3 is 15.4 Å². The van der Waals surface area contributed by atoms with E-state index in [1.165, 1.54) is 4.90 Å². The number of carbonyl (C=O) groups excluding carboxylic acids is 1. The number of anilines is 2. The molecule has 2 aromatic rings. The highest BCUT2D eigenvalue weighted by Gasteiger charge is 2.18. The van der Waals surface area contributed by atoms with Crippen LogP contribution in [0.4, 0.5) is 11.4 Å². The number of methoxy groups -OCH3 is 1. The molecule has 2 rings (SSSR count). The Morgan fingerprint density at radius 3 is 2.60 bits per heavy atom. The molecule has 0 spiro atoms. The number of carbonyl (C=O) groups is 1. The monoisotopic (exact) mass is 334 g/mol. The smallest absolute Gasteiger partial charge is 0.260 e. The van der Waals surface area contributed by atoms with E-state index in [1.54, 1.807) is 32.4 Å². The highest BCUT2D eigenvalue weighted by atomic mass is 79.9. The van der Waals surface area contributed by atoms with Crippen molar-refractivity contribution in [2.24, 2.45) is 0 Å². The van der Waals surface area contributed by atoms with Gasteiger partial charge in [-0.3, -0.25) is 4.79 Å². The fraction of sp³-hybridized carbons (Fsp3) is 0.133. The van der Waals surface area contributed by atoms with Crippen molar-refractivity contribution in [1.82, 2.24) is 0 Å². The van der Waals surface area contributed by atoms with Gasteiger partial charge in [-0.15, -0.1) is 0 Å². The Hall–Kier alpha value is -2.01. The summed E-state index contributed by atoms with van der Waals surface area (Å²) in [5.74, 6) is 0.457. The van der Waals surface area contributed by atoms with E-state index in [9.17, 15) is 4.79 Å². The first-order valence-electron chi connectivity index (χ1n) is 6.00. The van der Waals surface area contributed by atoms with Gasteiger partial charge in [0.15, 0.2) is 0 Å². The molecule has 2 N–H and O–H groups in total. The highest BCUT2D eigenvalue weighted by Crippen LogP contribution is 2.29. The van der Waals surface area contributed by atoms with Crippen LogP contribution in [0.15, 0.2) is 46.9 Å². The summed E-state index contributed by atoms with van der Waals surface area (Å²) in [6.07, 6.45) is 0. The minimum Gasteiger partial charge on any atom is -0.495 e. The summed E-state index contributed by atoms with van der Waals surface area (Å²) >= 11 is 3.33. The molecule has 0 aliphatic carbocycles. The Kier molecular flexibility index (Phi) is 4.29. The number of hydrogen-bond donors (Lipinski definition) is 1. The van der Waals surface area contributed by atoms with Crippen molar-refractivity contribution in [3.05, 3.63) is 52.5 Å². The molecule has 0 unspecified atom stereocenters. The number of hydrogen-bond acceptors (Lipinski definition) is 3. The van der Waals surface area contributed by atoms with Gasteiger partial charge in [0.25, 0.3) is 5.91 Å². The molecule has 5 heteroatoms. The molecule has 20 heavy (non-hydrogen) atoms. The summed E-state index contributed by atoms with van der Waals surface area (Å²) in [5, 5.41) is 0. The molecule has 4 nitrogen and oxygen atoms in total. The fourth-order valence-electron chi connectivity index (χ4n) is 1.93. The first-order chi connectivity index (χ1) is 9.54. The maximum absolute atomic E-state index is 12.5. The van der Waals surface area contributed by atoms with Crippen molar-refractivity contribution in [1.29, 1.82) is 0 Å². The molecule has 0 aliphatic rings. The molecule has 2 aromatic carbocycles. The van der Waals surface area contributed by atoms with E-state index < -0.39 is 0 Å². The second kappa shape index (κ2) is 5.96. The minimum absolute atomic E-state index is 0.181. The molecular weight excluding hydrogens is 320 g/mol. The zero-order chi connectivity index (χ0) is 14.7.